The monoisotopic (exact) mass is 279 g/mol. The molecular formula is C14H21N3O3. The molecule has 1 aromatic heterocycles. The predicted molar refractivity (Wildman–Crippen MR) is 74.8 cm³/mol. The summed E-state index contributed by atoms with van der Waals surface area (Å²) in [5, 5.41) is 8.68. The van der Waals surface area contributed by atoms with Crippen LogP contribution in [-0.4, -0.2) is 65.7 Å². The number of carbonyl (C=O) groups is 1. The van der Waals surface area contributed by atoms with E-state index >= 15 is 0 Å². The van der Waals surface area contributed by atoms with E-state index < -0.39 is 5.97 Å². The first-order valence-corrected chi connectivity index (χ1v) is 6.83. The number of pyridine rings is 1. The molecule has 20 heavy (non-hydrogen) atoms. The molecule has 2 heterocycles. The summed E-state index contributed by atoms with van der Waals surface area (Å²) in [6.07, 6.45) is 2.07. The van der Waals surface area contributed by atoms with E-state index in [9.17, 15) is 4.79 Å². The molecule has 1 aliphatic rings. The highest BCUT2D eigenvalue weighted by Gasteiger charge is 2.17. The van der Waals surface area contributed by atoms with Crippen molar-refractivity contribution in [3.63, 3.8) is 0 Å². The number of hydrogen-bond acceptors (Lipinski definition) is 5. The molecule has 1 aromatic rings. The minimum atomic E-state index is -0.725. The number of aromatic nitrogens is 1. The standard InChI is InChI=1S/C14H21N3O3/c1-20-13-3-2-12(10-15-13)11-17-8-6-16(7-9-17)5-4-14(18)19/h2-3,10H,4-9,11H2,1H3,(H,18,19). The van der Waals surface area contributed by atoms with Gasteiger partial charge in [0.2, 0.25) is 5.88 Å². The van der Waals surface area contributed by atoms with Crippen LogP contribution in [0.4, 0.5) is 0 Å². The number of piperazine rings is 1. The van der Waals surface area contributed by atoms with Crippen molar-refractivity contribution in [2.75, 3.05) is 39.8 Å². The predicted octanol–water partition coefficient (Wildman–Crippen LogP) is 0.683. The number of carboxylic acid groups (broad SMARTS) is 1. The second-order valence-corrected chi connectivity index (χ2v) is 4.97. The molecule has 6 heteroatoms. The van der Waals surface area contributed by atoms with E-state index in [1.165, 1.54) is 5.56 Å². The summed E-state index contributed by atoms with van der Waals surface area (Å²) in [4.78, 5) is 19.3. The smallest absolute Gasteiger partial charge is 0.304 e. The first-order valence-electron chi connectivity index (χ1n) is 6.83. The normalized spacial score (nSPS) is 17.1. The highest BCUT2D eigenvalue weighted by atomic mass is 16.5. The number of rotatable bonds is 6. The van der Waals surface area contributed by atoms with Gasteiger partial charge in [-0.25, -0.2) is 4.98 Å². The van der Waals surface area contributed by atoms with E-state index in [2.05, 4.69) is 14.8 Å². The number of aliphatic carboxylic acids is 1. The van der Waals surface area contributed by atoms with Crippen molar-refractivity contribution in [2.24, 2.45) is 0 Å². The van der Waals surface area contributed by atoms with Gasteiger partial charge in [-0.15, -0.1) is 0 Å². The zero-order valence-electron chi connectivity index (χ0n) is 11.8. The SMILES string of the molecule is COc1ccc(CN2CCN(CCC(=O)O)CC2)cn1. The number of methoxy groups -OCH3 is 1. The fourth-order valence-electron chi connectivity index (χ4n) is 2.31. The van der Waals surface area contributed by atoms with Crippen molar-refractivity contribution in [1.29, 1.82) is 0 Å². The second-order valence-electron chi connectivity index (χ2n) is 4.97. The van der Waals surface area contributed by atoms with Gasteiger partial charge in [-0.2, -0.15) is 0 Å². The Kier molecular flexibility index (Phi) is 5.31. The summed E-state index contributed by atoms with van der Waals surface area (Å²) in [5.74, 6) is -0.0935. The lowest BCUT2D eigenvalue weighted by Crippen LogP contribution is -2.46. The van der Waals surface area contributed by atoms with Crippen LogP contribution in [0.25, 0.3) is 0 Å². The third-order valence-electron chi connectivity index (χ3n) is 3.52. The van der Waals surface area contributed by atoms with Crippen molar-refractivity contribution in [3.8, 4) is 5.88 Å². The van der Waals surface area contributed by atoms with Crippen LogP contribution in [0.5, 0.6) is 5.88 Å². The first kappa shape index (κ1) is 14.7. The Bertz CT molecular complexity index is 428. The van der Waals surface area contributed by atoms with Gasteiger partial charge in [0.25, 0.3) is 0 Å². The first-order chi connectivity index (χ1) is 9.67. The minimum absolute atomic E-state index is 0.225. The summed E-state index contributed by atoms with van der Waals surface area (Å²) in [5.41, 5.74) is 1.17. The van der Waals surface area contributed by atoms with E-state index in [1.807, 2.05) is 18.3 Å². The molecule has 1 N–H and O–H groups in total. The lowest BCUT2D eigenvalue weighted by Gasteiger charge is -2.34. The summed E-state index contributed by atoms with van der Waals surface area (Å²) in [6, 6.07) is 3.90. The van der Waals surface area contributed by atoms with Gasteiger partial charge in [-0.05, 0) is 5.56 Å². The topological polar surface area (TPSA) is 65.9 Å². The van der Waals surface area contributed by atoms with Gasteiger partial charge < -0.3 is 14.7 Å². The second kappa shape index (κ2) is 7.21. The van der Waals surface area contributed by atoms with Crippen LogP contribution in [0.15, 0.2) is 18.3 Å². The molecule has 0 radical (unpaired) electrons. The Hall–Kier alpha value is -1.66. The van der Waals surface area contributed by atoms with Crippen molar-refractivity contribution in [3.05, 3.63) is 23.9 Å². The quantitative estimate of drug-likeness (QED) is 0.826. The van der Waals surface area contributed by atoms with Gasteiger partial charge in [-0.1, -0.05) is 6.07 Å². The molecule has 1 saturated heterocycles. The molecule has 0 spiro atoms. The number of carboxylic acids is 1. The average molecular weight is 279 g/mol. The number of ether oxygens (including phenoxy) is 1. The Morgan fingerprint density at radius 3 is 2.55 bits per heavy atom. The molecule has 6 nitrogen and oxygen atoms in total. The Balaban J connectivity index is 1.74. The van der Waals surface area contributed by atoms with Crippen LogP contribution in [0, 0.1) is 0 Å². The molecule has 1 fully saturated rings. The van der Waals surface area contributed by atoms with Crippen molar-refractivity contribution < 1.29 is 14.6 Å². The summed E-state index contributed by atoms with van der Waals surface area (Å²) in [7, 11) is 1.61. The van der Waals surface area contributed by atoms with E-state index in [0.29, 0.717) is 12.4 Å². The van der Waals surface area contributed by atoms with Gasteiger partial charge >= 0.3 is 5.97 Å². The molecule has 0 atom stereocenters. The molecule has 0 aliphatic carbocycles. The highest BCUT2D eigenvalue weighted by molar-refractivity contribution is 5.66. The number of hydrogen-bond donors (Lipinski definition) is 1. The molecule has 1 aliphatic heterocycles. The van der Waals surface area contributed by atoms with Crippen molar-refractivity contribution in [2.45, 2.75) is 13.0 Å². The molecular weight excluding hydrogens is 258 g/mol. The summed E-state index contributed by atoms with van der Waals surface area (Å²) < 4.78 is 5.04. The van der Waals surface area contributed by atoms with Gasteiger partial charge in [-0.3, -0.25) is 9.69 Å². The Morgan fingerprint density at radius 1 is 1.30 bits per heavy atom. The van der Waals surface area contributed by atoms with E-state index in [0.717, 1.165) is 32.7 Å². The van der Waals surface area contributed by atoms with Crippen molar-refractivity contribution >= 4 is 5.97 Å². The zero-order valence-corrected chi connectivity index (χ0v) is 11.8. The van der Waals surface area contributed by atoms with Gasteiger partial charge in [0.05, 0.1) is 13.5 Å². The maximum absolute atomic E-state index is 10.5. The largest absolute Gasteiger partial charge is 0.481 e. The van der Waals surface area contributed by atoms with Crippen LogP contribution in [0.3, 0.4) is 0 Å². The van der Waals surface area contributed by atoms with Crippen LogP contribution >= 0.6 is 0 Å². The lowest BCUT2D eigenvalue weighted by molar-refractivity contribution is -0.137. The van der Waals surface area contributed by atoms with Crippen molar-refractivity contribution in [1.82, 2.24) is 14.8 Å². The minimum Gasteiger partial charge on any atom is -0.481 e. The molecule has 110 valence electrons. The van der Waals surface area contributed by atoms with Gasteiger partial charge in [0, 0.05) is 51.5 Å². The average Bonchev–Trinajstić information content (AvgIpc) is 2.47. The van der Waals surface area contributed by atoms with Gasteiger partial charge in [0.1, 0.15) is 0 Å². The fraction of sp³-hybridized carbons (Fsp3) is 0.571. The van der Waals surface area contributed by atoms with Crippen LogP contribution in [0.2, 0.25) is 0 Å². The van der Waals surface area contributed by atoms with Crippen LogP contribution in [0.1, 0.15) is 12.0 Å². The Labute approximate surface area is 119 Å². The third kappa shape index (κ3) is 4.47. The molecule has 2 rings (SSSR count). The third-order valence-corrected chi connectivity index (χ3v) is 3.52. The highest BCUT2D eigenvalue weighted by Crippen LogP contribution is 2.11. The lowest BCUT2D eigenvalue weighted by atomic mass is 10.2. The van der Waals surface area contributed by atoms with E-state index in [-0.39, 0.29) is 6.42 Å². The number of nitrogens with zero attached hydrogens (tertiary/aromatic N) is 3. The van der Waals surface area contributed by atoms with E-state index in [4.69, 9.17) is 9.84 Å². The molecule has 0 unspecified atom stereocenters. The maximum Gasteiger partial charge on any atom is 0.304 e. The zero-order chi connectivity index (χ0) is 14.4. The molecule has 0 bridgehead atoms. The molecule has 0 saturated carbocycles. The molecule has 0 amide bonds. The van der Waals surface area contributed by atoms with E-state index in [1.54, 1.807) is 7.11 Å². The fourth-order valence-corrected chi connectivity index (χ4v) is 2.31. The van der Waals surface area contributed by atoms with Crippen LogP contribution < -0.4 is 4.74 Å². The summed E-state index contributed by atoms with van der Waals surface area (Å²) >= 11 is 0. The maximum atomic E-state index is 10.5. The van der Waals surface area contributed by atoms with Crippen LogP contribution in [-0.2, 0) is 11.3 Å². The van der Waals surface area contributed by atoms with Gasteiger partial charge in [0.15, 0.2) is 0 Å². The Morgan fingerprint density at radius 2 is 2.00 bits per heavy atom. The summed E-state index contributed by atoms with van der Waals surface area (Å²) in [6.45, 7) is 5.31. The molecule has 0 aromatic carbocycles.